The van der Waals surface area contributed by atoms with E-state index in [0.717, 1.165) is 12.2 Å². The first-order valence-electron chi connectivity index (χ1n) is 13.2. The van der Waals surface area contributed by atoms with Crippen LogP contribution in [0.4, 0.5) is 20.2 Å². The van der Waals surface area contributed by atoms with Gasteiger partial charge in [0, 0.05) is 50.6 Å². The highest BCUT2D eigenvalue weighted by Crippen LogP contribution is 2.27. The van der Waals surface area contributed by atoms with Crippen molar-refractivity contribution in [2.24, 2.45) is 0 Å². The third-order valence-corrected chi connectivity index (χ3v) is 6.99. The van der Waals surface area contributed by atoms with Crippen molar-refractivity contribution in [3.63, 3.8) is 0 Å². The lowest BCUT2D eigenvalue weighted by molar-refractivity contribution is 0.0944. The quantitative estimate of drug-likeness (QED) is 0.320. The molecular formula is C29H33ClF2N6O2. The molecule has 1 amide bonds. The smallest absolute Gasteiger partial charge is 0.270 e. The lowest BCUT2D eigenvalue weighted by Crippen LogP contribution is -2.52. The summed E-state index contributed by atoms with van der Waals surface area (Å²) in [5.74, 6) is -0.485. The van der Waals surface area contributed by atoms with E-state index in [1.165, 1.54) is 24.4 Å². The molecule has 0 unspecified atom stereocenters. The van der Waals surface area contributed by atoms with Crippen molar-refractivity contribution in [2.45, 2.75) is 39.8 Å². The summed E-state index contributed by atoms with van der Waals surface area (Å²) in [6.45, 7) is 8.71. The van der Waals surface area contributed by atoms with Gasteiger partial charge in [-0.1, -0.05) is 13.0 Å². The number of nitrogens with one attached hydrogen (secondary N) is 1. The van der Waals surface area contributed by atoms with E-state index in [1.54, 1.807) is 10.5 Å². The van der Waals surface area contributed by atoms with Gasteiger partial charge in [-0.2, -0.15) is 0 Å². The maximum atomic E-state index is 15.2. The zero-order chi connectivity index (χ0) is 27.5. The first-order valence-corrected chi connectivity index (χ1v) is 13.2. The summed E-state index contributed by atoms with van der Waals surface area (Å²) < 4.78 is 35.8. The molecule has 0 aliphatic carbocycles. The summed E-state index contributed by atoms with van der Waals surface area (Å²) >= 11 is 0. The Hall–Kier alpha value is -3.92. The van der Waals surface area contributed by atoms with Crippen LogP contribution in [-0.2, 0) is 13.0 Å². The number of carbonyl (C=O) groups excluding carboxylic acids is 1. The number of nitrogens with zero attached hydrogens (tertiary/aromatic N) is 5. The molecule has 1 N–H and O–H groups in total. The van der Waals surface area contributed by atoms with Crippen LogP contribution < -0.4 is 19.9 Å². The number of amides is 1. The first-order chi connectivity index (χ1) is 18.9. The summed E-state index contributed by atoms with van der Waals surface area (Å²) in [6, 6.07) is 11.7. The number of aromatic nitrogens is 3. The van der Waals surface area contributed by atoms with Crippen molar-refractivity contribution >= 4 is 35.3 Å². The molecule has 4 heterocycles. The zero-order valence-electron chi connectivity index (χ0n) is 22.7. The van der Waals surface area contributed by atoms with Gasteiger partial charge in [-0.05, 0) is 50.1 Å². The van der Waals surface area contributed by atoms with Crippen LogP contribution in [-0.4, -0.2) is 52.6 Å². The Labute approximate surface area is 238 Å². The molecule has 3 aromatic heterocycles. The number of hydrogen-bond donors (Lipinski definition) is 1. The van der Waals surface area contributed by atoms with Crippen molar-refractivity contribution in [3.05, 3.63) is 83.4 Å². The van der Waals surface area contributed by atoms with E-state index in [-0.39, 0.29) is 36.7 Å². The number of imidazole rings is 1. The monoisotopic (exact) mass is 570 g/mol. The van der Waals surface area contributed by atoms with Crippen LogP contribution >= 0.6 is 12.4 Å². The first kappa shape index (κ1) is 29.1. The third-order valence-electron chi connectivity index (χ3n) is 6.99. The van der Waals surface area contributed by atoms with Crippen LogP contribution in [0.3, 0.4) is 0 Å². The highest BCUT2D eigenvalue weighted by atomic mass is 35.5. The van der Waals surface area contributed by atoms with Gasteiger partial charge in [0.1, 0.15) is 23.0 Å². The Morgan fingerprint density at radius 1 is 1.12 bits per heavy atom. The van der Waals surface area contributed by atoms with E-state index in [0.29, 0.717) is 60.3 Å². The van der Waals surface area contributed by atoms with E-state index in [4.69, 9.17) is 4.74 Å². The summed E-state index contributed by atoms with van der Waals surface area (Å²) in [7, 11) is 0. The fraction of sp³-hybridized carbons (Fsp3) is 0.345. The van der Waals surface area contributed by atoms with E-state index in [2.05, 4.69) is 27.1 Å². The number of fused-ring (bicyclic) bond motifs is 1. The van der Waals surface area contributed by atoms with E-state index >= 15 is 4.39 Å². The molecule has 212 valence electrons. The molecule has 0 saturated carbocycles. The third kappa shape index (κ3) is 5.96. The molecule has 0 radical (unpaired) electrons. The van der Waals surface area contributed by atoms with Crippen molar-refractivity contribution < 1.29 is 18.3 Å². The SMILES string of the molecule is CCOc1ccc(N2CCN(c3ccc(CNC(=O)c4c(CC)nc5cc(F)ccn45)cc3F)C[C@@H]2C)cn1.Cl. The Morgan fingerprint density at radius 3 is 2.62 bits per heavy atom. The number of ether oxygens (including phenoxy) is 1. The number of pyridine rings is 2. The zero-order valence-corrected chi connectivity index (χ0v) is 23.5. The average Bonchev–Trinajstić information content (AvgIpc) is 3.30. The molecule has 40 heavy (non-hydrogen) atoms. The van der Waals surface area contributed by atoms with Crippen LogP contribution in [0.25, 0.3) is 5.65 Å². The number of hydrogen-bond acceptors (Lipinski definition) is 6. The number of piperazine rings is 1. The molecule has 0 bridgehead atoms. The van der Waals surface area contributed by atoms with E-state index in [1.807, 2.05) is 43.1 Å². The molecule has 5 rings (SSSR count). The van der Waals surface area contributed by atoms with Gasteiger partial charge in [-0.15, -0.1) is 12.4 Å². The topological polar surface area (TPSA) is 75.0 Å². The molecule has 0 spiro atoms. The Bertz CT molecular complexity index is 1480. The van der Waals surface area contributed by atoms with Crippen LogP contribution in [0.15, 0.2) is 54.9 Å². The minimum Gasteiger partial charge on any atom is -0.478 e. The lowest BCUT2D eigenvalue weighted by Gasteiger charge is -2.42. The van der Waals surface area contributed by atoms with Gasteiger partial charge in [0.25, 0.3) is 5.91 Å². The molecular weight excluding hydrogens is 538 g/mol. The van der Waals surface area contributed by atoms with Crippen molar-refractivity contribution in [1.29, 1.82) is 0 Å². The minimum absolute atomic E-state index is 0. The second-order valence-corrected chi connectivity index (χ2v) is 9.58. The Morgan fingerprint density at radius 2 is 1.95 bits per heavy atom. The Kier molecular flexibility index (Phi) is 9.09. The van der Waals surface area contributed by atoms with Crippen LogP contribution in [0.5, 0.6) is 5.88 Å². The van der Waals surface area contributed by atoms with Crippen LogP contribution in [0.1, 0.15) is 42.5 Å². The number of carbonyl (C=O) groups is 1. The number of rotatable bonds is 8. The molecule has 11 heteroatoms. The molecule has 1 aromatic carbocycles. The lowest BCUT2D eigenvalue weighted by atomic mass is 10.1. The predicted octanol–water partition coefficient (Wildman–Crippen LogP) is 5.04. The van der Waals surface area contributed by atoms with Gasteiger partial charge in [-0.25, -0.2) is 18.7 Å². The summed E-state index contributed by atoms with van der Waals surface area (Å²) in [5.41, 5.74) is 3.52. The predicted molar refractivity (Wildman–Crippen MR) is 154 cm³/mol. The second-order valence-electron chi connectivity index (χ2n) is 9.58. The molecule has 1 aliphatic rings. The number of benzene rings is 1. The number of anilines is 2. The summed E-state index contributed by atoms with van der Waals surface area (Å²) in [4.78, 5) is 26.1. The van der Waals surface area contributed by atoms with E-state index in [9.17, 15) is 9.18 Å². The highest BCUT2D eigenvalue weighted by molar-refractivity contribution is 5.94. The maximum absolute atomic E-state index is 15.2. The van der Waals surface area contributed by atoms with Gasteiger partial charge in [0.05, 0.1) is 29.9 Å². The van der Waals surface area contributed by atoms with Crippen LogP contribution in [0.2, 0.25) is 0 Å². The van der Waals surface area contributed by atoms with Crippen molar-refractivity contribution in [2.75, 3.05) is 36.0 Å². The van der Waals surface area contributed by atoms with Crippen molar-refractivity contribution in [1.82, 2.24) is 19.7 Å². The second kappa shape index (κ2) is 12.5. The standard InChI is InChI=1S/C29H32F2N6O2.ClH/c1-4-24-28(37-11-10-21(30)15-26(37)34-24)29(38)33-16-20-6-8-25(23(31)14-20)35-12-13-36(19(3)18-35)22-7-9-27(32-17-22)39-5-2;/h6-11,14-15,17,19H,4-5,12-13,16,18H2,1-3H3,(H,33,38);1H/t19-;/m0./s1. The summed E-state index contributed by atoms with van der Waals surface area (Å²) in [6.07, 6.45) is 3.83. The van der Waals surface area contributed by atoms with Gasteiger partial charge in [0.2, 0.25) is 5.88 Å². The largest absolute Gasteiger partial charge is 0.478 e. The molecule has 1 atom stereocenters. The normalized spacial score (nSPS) is 15.2. The molecule has 1 saturated heterocycles. The minimum atomic E-state index is -0.415. The highest BCUT2D eigenvalue weighted by Gasteiger charge is 2.26. The van der Waals surface area contributed by atoms with Crippen LogP contribution in [0, 0.1) is 11.6 Å². The average molecular weight is 571 g/mol. The Balaban J connectivity index is 0.00000370. The molecule has 1 fully saturated rings. The molecule has 8 nitrogen and oxygen atoms in total. The number of halogens is 3. The van der Waals surface area contributed by atoms with Gasteiger partial charge < -0.3 is 19.9 Å². The van der Waals surface area contributed by atoms with Gasteiger partial charge in [0.15, 0.2) is 0 Å². The molecule has 1 aliphatic heterocycles. The number of aryl methyl sites for hydroxylation is 1. The maximum Gasteiger partial charge on any atom is 0.270 e. The van der Waals surface area contributed by atoms with E-state index < -0.39 is 5.82 Å². The molecule has 4 aromatic rings. The van der Waals surface area contributed by atoms with Crippen molar-refractivity contribution in [3.8, 4) is 5.88 Å². The fourth-order valence-corrected chi connectivity index (χ4v) is 5.07. The summed E-state index contributed by atoms with van der Waals surface area (Å²) in [5, 5.41) is 2.86. The van der Waals surface area contributed by atoms with Gasteiger partial charge in [-0.3, -0.25) is 9.20 Å². The fourth-order valence-electron chi connectivity index (χ4n) is 5.07. The van der Waals surface area contributed by atoms with Gasteiger partial charge >= 0.3 is 0 Å².